The van der Waals surface area contributed by atoms with Crippen molar-refractivity contribution in [2.24, 2.45) is 0 Å². The highest BCUT2D eigenvalue weighted by Crippen LogP contribution is 2.16. The Labute approximate surface area is 118 Å². The maximum atomic E-state index is 9.40. The van der Waals surface area contributed by atoms with Gasteiger partial charge in [0.15, 0.2) is 0 Å². The van der Waals surface area contributed by atoms with Crippen molar-refractivity contribution in [3.63, 3.8) is 0 Å². The fourth-order valence-electron chi connectivity index (χ4n) is 2.77. The summed E-state index contributed by atoms with van der Waals surface area (Å²) in [4.78, 5) is 2.36. The third-order valence-corrected chi connectivity index (χ3v) is 3.41. The Hall–Kier alpha value is -0.630. The third kappa shape index (κ3) is 5.90. The second kappa shape index (κ2) is 7.84. The molecule has 1 fully saturated rings. The topological polar surface area (TPSA) is 48.3 Å². The largest absolute Gasteiger partial charge is 0.377 e. The van der Waals surface area contributed by atoms with Gasteiger partial charge in [-0.15, -0.1) is 0 Å². The molecule has 0 saturated carbocycles. The van der Waals surface area contributed by atoms with Gasteiger partial charge in [-0.25, -0.2) is 0 Å². The molecular formula is C15H29N3O. The number of nitriles is 1. The van der Waals surface area contributed by atoms with Gasteiger partial charge < -0.3 is 4.74 Å². The first kappa shape index (κ1) is 16.4. The zero-order valence-corrected chi connectivity index (χ0v) is 12.9. The standard InChI is InChI=1S/C15H29N3O/c1-5-9-19-14-7-6-8-18(10-14)12-15(4,11-16)17-13(2)3/h13-14,17H,5-10,12H2,1-4H3. The maximum absolute atomic E-state index is 9.40. The lowest BCUT2D eigenvalue weighted by Crippen LogP contribution is -2.55. The van der Waals surface area contributed by atoms with Crippen LogP contribution in [0.1, 0.15) is 47.0 Å². The normalized spacial score (nSPS) is 24.1. The van der Waals surface area contributed by atoms with E-state index in [1.807, 2.05) is 6.92 Å². The predicted octanol–water partition coefficient (Wildman–Crippen LogP) is 2.16. The Morgan fingerprint density at radius 2 is 2.26 bits per heavy atom. The molecule has 110 valence electrons. The number of rotatable bonds is 7. The maximum Gasteiger partial charge on any atom is 0.116 e. The van der Waals surface area contributed by atoms with E-state index in [-0.39, 0.29) is 0 Å². The van der Waals surface area contributed by atoms with Crippen LogP contribution < -0.4 is 5.32 Å². The molecule has 19 heavy (non-hydrogen) atoms. The summed E-state index contributed by atoms with van der Waals surface area (Å²) in [6.45, 7) is 11.9. The first-order valence-corrected chi connectivity index (χ1v) is 7.52. The molecular weight excluding hydrogens is 238 g/mol. The Morgan fingerprint density at radius 1 is 1.53 bits per heavy atom. The number of piperidine rings is 1. The van der Waals surface area contributed by atoms with Gasteiger partial charge in [0.2, 0.25) is 0 Å². The number of hydrogen-bond donors (Lipinski definition) is 1. The van der Waals surface area contributed by atoms with Crippen molar-refractivity contribution in [3.8, 4) is 6.07 Å². The Kier molecular flexibility index (Phi) is 6.78. The van der Waals surface area contributed by atoms with E-state index in [2.05, 4.69) is 37.1 Å². The number of nitrogens with zero attached hydrogens (tertiary/aromatic N) is 2. The van der Waals surface area contributed by atoms with Crippen LogP contribution >= 0.6 is 0 Å². The van der Waals surface area contributed by atoms with Crippen LogP contribution in [0.5, 0.6) is 0 Å². The van der Waals surface area contributed by atoms with Crippen LogP contribution in [0, 0.1) is 11.3 Å². The highest BCUT2D eigenvalue weighted by molar-refractivity contribution is 5.06. The van der Waals surface area contributed by atoms with Gasteiger partial charge in [-0.2, -0.15) is 5.26 Å². The minimum Gasteiger partial charge on any atom is -0.377 e. The van der Waals surface area contributed by atoms with E-state index in [1.165, 1.54) is 0 Å². The zero-order valence-electron chi connectivity index (χ0n) is 12.9. The highest BCUT2D eigenvalue weighted by atomic mass is 16.5. The van der Waals surface area contributed by atoms with E-state index in [9.17, 15) is 5.26 Å². The van der Waals surface area contributed by atoms with Crippen molar-refractivity contribution < 1.29 is 4.74 Å². The molecule has 0 radical (unpaired) electrons. The minimum atomic E-state index is -0.471. The Bertz CT molecular complexity index is 300. The quantitative estimate of drug-likeness (QED) is 0.768. The van der Waals surface area contributed by atoms with Gasteiger partial charge in [-0.1, -0.05) is 6.92 Å². The van der Waals surface area contributed by atoms with Crippen LogP contribution in [-0.2, 0) is 4.74 Å². The molecule has 1 N–H and O–H groups in total. The summed E-state index contributed by atoms with van der Waals surface area (Å²) >= 11 is 0. The fraction of sp³-hybridized carbons (Fsp3) is 0.933. The van der Waals surface area contributed by atoms with Crippen molar-refractivity contribution >= 4 is 0 Å². The van der Waals surface area contributed by atoms with Gasteiger partial charge in [0, 0.05) is 25.7 Å². The van der Waals surface area contributed by atoms with Crippen LogP contribution in [-0.4, -0.2) is 48.8 Å². The summed E-state index contributed by atoms with van der Waals surface area (Å²) in [6, 6.07) is 2.74. The smallest absolute Gasteiger partial charge is 0.116 e. The van der Waals surface area contributed by atoms with E-state index in [4.69, 9.17) is 4.74 Å². The SMILES string of the molecule is CCCOC1CCCN(CC(C)(C#N)NC(C)C)C1. The lowest BCUT2D eigenvalue weighted by atomic mass is 10.00. The average Bonchev–Trinajstić information content (AvgIpc) is 2.35. The molecule has 4 heteroatoms. The molecule has 1 heterocycles. The lowest BCUT2D eigenvalue weighted by molar-refractivity contribution is -0.00436. The van der Waals surface area contributed by atoms with Gasteiger partial charge in [0.1, 0.15) is 5.54 Å². The van der Waals surface area contributed by atoms with E-state index >= 15 is 0 Å². The van der Waals surface area contributed by atoms with Gasteiger partial charge in [0.05, 0.1) is 12.2 Å². The molecule has 0 aromatic rings. The van der Waals surface area contributed by atoms with Crippen molar-refractivity contribution in [2.45, 2.75) is 64.6 Å². The van der Waals surface area contributed by atoms with Crippen LogP contribution in [0.3, 0.4) is 0 Å². The number of ether oxygens (including phenoxy) is 1. The molecule has 2 unspecified atom stereocenters. The molecule has 1 rings (SSSR count). The molecule has 0 aliphatic carbocycles. The first-order chi connectivity index (χ1) is 8.99. The molecule has 1 saturated heterocycles. The van der Waals surface area contributed by atoms with Gasteiger partial charge in [-0.3, -0.25) is 10.2 Å². The zero-order chi connectivity index (χ0) is 14.3. The van der Waals surface area contributed by atoms with Crippen molar-refractivity contribution in [3.05, 3.63) is 0 Å². The molecule has 0 amide bonds. The van der Waals surface area contributed by atoms with E-state index in [1.54, 1.807) is 0 Å². The summed E-state index contributed by atoms with van der Waals surface area (Å²) in [7, 11) is 0. The predicted molar refractivity (Wildman–Crippen MR) is 78.0 cm³/mol. The highest BCUT2D eigenvalue weighted by Gasteiger charge is 2.30. The van der Waals surface area contributed by atoms with Gasteiger partial charge in [0.25, 0.3) is 0 Å². The van der Waals surface area contributed by atoms with Crippen molar-refractivity contribution in [1.29, 1.82) is 5.26 Å². The summed E-state index contributed by atoms with van der Waals surface area (Å²) in [6.07, 6.45) is 3.73. The monoisotopic (exact) mass is 267 g/mol. The van der Waals surface area contributed by atoms with E-state index < -0.39 is 5.54 Å². The second-order valence-electron chi connectivity index (χ2n) is 6.11. The summed E-state index contributed by atoms with van der Waals surface area (Å²) in [5.41, 5.74) is -0.471. The van der Waals surface area contributed by atoms with Crippen molar-refractivity contribution in [1.82, 2.24) is 10.2 Å². The minimum absolute atomic E-state index is 0.321. The van der Waals surface area contributed by atoms with Crippen LogP contribution in [0.2, 0.25) is 0 Å². The van der Waals surface area contributed by atoms with E-state index in [0.717, 1.165) is 45.5 Å². The Morgan fingerprint density at radius 3 is 2.84 bits per heavy atom. The van der Waals surface area contributed by atoms with Crippen LogP contribution in [0.25, 0.3) is 0 Å². The molecule has 4 nitrogen and oxygen atoms in total. The molecule has 0 aromatic heterocycles. The summed E-state index contributed by atoms with van der Waals surface area (Å²) in [5, 5.41) is 12.8. The van der Waals surface area contributed by atoms with Crippen molar-refractivity contribution in [2.75, 3.05) is 26.2 Å². The molecule has 1 aliphatic rings. The molecule has 0 bridgehead atoms. The first-order valence-electron chi connectivity index (χ1n) is 7.52. The van der Waals surface area contributed by atoms with Gasteiger partial charge >= 0.3 is 0 Å². The second-order valence-corrected chi connectivity index (χ2v) is 6.11. The van der Waals surface area contributed by atoms with Crippen LogP contribution in [0.15, 0.2) is 0 Å². The molecule has 1 aliphatic heterocycles. The van der Waals surface area contributed by atoms with E-state index in [0.29, 0.717) is 12.1 Å². The Balaban J connectivity index is 2.48. The average molecular weight is 267 g/mol. The summed E-state index contributed by atoms with van der Waals surface area (Å²) in [5.74, 6) is 0. The lowest BCUT2D eigenvalue weighted by Gasteiger charge is -2.37. The fourth-order valence-corrected chi connectivity index (χ4v) is 2.77. The third-order valence-electron chi connectivity index (χ3n) is 3.41. The number of hydrogen-bond acceptors (Lipinski definition) is 4. The molecule has 0 aromatic carbocycles. The summed E-state index contributed by atoms with van der Waals surface area (Å²) < 4.78 is 5.85. The molecule has 2 atom stereocenters. The molecule has 0 spiro atoms. The van der Waals surface area contributed by atoms with Crippen LogP contribution in [0.4, 0.5) is 0 Å². The number of nitrogens with one attached hydrogen (secondary N) is 1. The number of likely N-dealkylation sites (tertiary alicyclic amines) is 1. The van der Waals surface area contributed by atoms with Gasteiger partial charge in [-0.05, 0) is 46.6 Å².